The van der Waals surface area contributed by atoms with Crippen LogP contribution in [0.25, 0.3) is 0 Å². The van der Waals surface area contributed by atoms with Crippen LogP contribution >= 0.6 is 0 Å². The first kappa shape index (κ1) is 12.7. The Labute approximate surface area is 114 Å². The number of aliphatic hydroxyl groups excluding tert-OH is 1. The SMILES string of the molecule is CC1C(=O)Nc2ccc(C(O)C3CCCCC3)cc21. The highest BCUT2D eigenvalue weighted by molar-refractivity contribution is 6.02. The molecule has 3 rings (SSSR count). The van der Waals surface area contributed by atoms with Crippen LogP contribution in [0.2, 0.25) is 0 Å². The smallest absolute Gasteiger partial charge is 0.231 e. The lowest BCUT2D eigenvalue weighted by Crippen LogP contribution is -2.16. The zero-order valence-electron chi connectivity index (χ0n) is 11.4. The van der Waals surface area contributed by atoms with Gasteiger partial charge in [0.15, 0.2) is 0 Å². The highest BCUT2D eigenvalue weighted by Crippen LogP contribution is 2.38. The molecule has 0 spiro atoms. The number of amides is 1. The van der Waals surface area contributed by atoms with Crippen LogP contribution in [-0.4, -0.2) is 11.0 Å². The van der Waals surface area contributed by atoms with E-state index in [4.69, 9.17) is 0 Å². The average Bonchev–Trinajstić information content (AvgIpc) is 2.74. The molecule has 2 aliphatic rings. The second-order valence-corrected chi connectivity index (χ2v) is 5.90. The zero-order chi connectivity index (χ0) is 13.4. The van der Waals surface area contributed by atoms with Crippen LogP contribution in [0, 0.1) is 5.92 Å². The van der Waals surface area contributed by atoms with Gasteiger partial charge in [0.1, 0.15) is 0 Å². The Morgan fingerprint density at radius 2 is 2.00 bits per heavy atom. The predicted octanol–water partition coefficient (Wildman–Crippen LogP) is 3.36. The lowest BCUT2D eigenvalue weighted by atomic mass is 9.82. The summed E-state index contributed by atoms with van der Waals surface area (Å²) in [5.41, 5.74) is 2.89. The van der Waals surface area contributed by atoms with E-state index < -0.39 is 0 Å². The number of carbonyl (C=O) groups excluding carboxylic acids is 1. The van der Waals surface area contributed by atoms with E-state index in [-0.39, 0.29) is 17.9 Å². The van der Waals surface area contributed by atoms with Crippen LogP contribution in [0.15, 0.2) is 18.2 Å². The summed E-state index contributed by atoms with van der Waals surface area (Å²) >= 11 is 0. The van der Waals surface area contributed by atoms with Gasteiger partial charge in [0, 0.05) is 5.69 Å². The molecule has 2 N–H and O–H groups in total. The highest BCUT2D eigenvalue weighted by atomic mass is 16.3. The standard InChI is InChI=1S/C16H21NO2/c1-10-13-9-12(7-8-14(13)17-16(10)19)15(18)11-5-3-2-4-6-11/h7-11,15,18H,2-6H2,1H3,(H,17,19). The van der Waals surface area contributed by atoms with E-state index in [0.717, 1.165) is 29.7 Å². The topological polar surface area (TPSA) is 49.3 Å². The van der Waals surface area contributed by atoms with Gasteiger partial charge in [-0.15, -0.1) is 0 Å². The summed E-state index contributed by atoms with van der Waals surface area (Å²) in [6.07, 6.45) is 5.60. The van der Waals surface area contributed by atoms with E-state index >= 15 is 0 Å². The monoisotopic (exact) mass is 259 g/mol. The minimum atomic E-state index is -0.381. The van der Waals surface area contributed by atoms with Crippen molar-refractivity contribution in [1.29, 1.82) is 0 Å². The first-order valence-electron chi connectivity index (χ1n) is 7.29. The van der Waals surface area contributed by atoms with E-state index in [1.54, 1.807) is 0 Å². The number of hydrogen-bond donors (Lipinski definition) is 2. The summed E-state index contributed by atoms with van der Waals surface area (Å²) in [7, 11) is 0. The van der Waals surface area contributed by atoms with Gasteiger partial charge in [0.2, 0.25) is 5.91 Å². The molecule has 1 fully saturated rings. The van der Waals surface area contributed by atoms with Crippen LogP contribution in [-0.2, 0) is 4.79 Å². The molecular formula is C16H21NO2. The third-order valence-corrected chi connectivity index (χ3v) is 4.63. The summed E-state index contributed by atoms with van der Waals surface area (Å²) in [5, 5.41) is 13.4. The molecule has 0 bridgehead atoms. The molecule has 0 radical (unpaired) electrons. The molecular weight excluding hydrogens is 238 g/mol. The molecule has 3 heteroatoms. The lowest BCUT2D eigenvalue weighted by molar-refractivity contribution is -0.116. The molecule has 0 aromatic heterocycles. The number of anilines is 1. The number of nitrogens with one attached hydrogen (secondary N) is 1. The minimum Gasteiger partial charge on any atom is -0.388 e. The molecule has 2 atom stereocenters. The summed E-state index contributed by atoms with van der Waals surface area (Å²) in [5.74, 6) is 0.333. The van der Waals surface area contributed by atoms with Crippen molar-refractivity contribution in [2.45, 2.75) is 51.0 Å². The van der Waals surface area contributed by atoms with Gasteiger partial charge < -0.3 is 10.4 Å². The average molecular weight is 259 g/mol. The van der Waals surface area contributed by atoms with Gasteiger partial charge in [-0.25, -0.2) is 0 Å². The van der Waals surface area contributed by atoms with E-state index in [1.165, 1.54) is 19.3 Å². The van der Waals surface area contributed by atoms with Crippen LogP contribution in [0.4, 0.5) is 5.69 Å². The Kier molecular flexibility index (Phi) is 3.31. The first-order valence-corrected chi connectivity index (χ1v) is 7.29. The maximum atomic E-state index is 11.6. The molecule has 1 aromatic rings. The first-order chi connectivity index (χ1) is 9.16. The van der Waals surface area contributed by atoms with Gasteiger partial charge in [-0.2, -0.15) is 0 Å². The summed E-state index contributed by atoms with van der Waals surface area (Å²) in [4.78, 5) is 11.6. The summed E-state index contributed by atoms with van der Waals surface area (Å²) in [6, 6.07) is 5.89. The van der Waals surface area contributed by atoms with Gasteiger partial charge >= 0.3 is 0 Å². The summed E-state index contributed by atoms with van der Waals surface area (Å²) < 4.78 is 0. The van der Waals surface area contributed by atoms with Crippen molar-refractivity contribution >= 4 is 11.6 Å². The molecule has 102 valence electrons. The Morgan fingerprint density at radius 1 is 1.26 bits per heavy atom. The fraction of sp³-hybridized carbons (Fsp3) is 0.562. The second-order valence-electron chi connectivity index (χ2n) is 5.90. The molecule has 1 heterocycles. The molecule has 3 nitrogen and oxygen atoms in total. The molecule has 1 aliphatic carbocycles. The zero-order valence-corrected chi connectivity index (χ0v) is 11.4. The molecule has 1 aliphatic heterocycles. The number of rotatable bonds is 2. The van der Waals surface area contributed by atoms with Crippen molar-refractivity contribution in [2.75, 3.05) is 5.32 Å². The predicted molar refractivity (Wildman–Crippen MR) is 75.0 cm³/mol. The molecule has 0 saturated heterocycles. The largest absolute Gasteiger partial charge is 0.388 e. The molecule has 2 unspecified atom stereocenters. The highest BCUT2D eigenvalue weighted by Gasteiger charge is 2.29. The number of fused-ring (bicyclic) bond motifs is 1. The van der Waals surface area contributed by atoms with E-state index in [2.05, 4.69) is 5.32 Å². The van der Waals surface area contributed by atoms with E-state index in [1.807, 2.05) is 25.1 Å². The van der Waals surface area contributed by atoms with Crippen LogP contribution < -0.4 is 5.32 Å². The Bertz CT molecular complexity index is 492. The van der Waals surface area contributed by atoms with Crippen molar-refractivity contribution in [3.63, 3.8) is 0 Å². The van der Waals surface area contributed by atoms with Gasteiger partial charge in [-0.3, -0.25) is 4.79 Å². The maximum absolute atomic E-state index is 11.6. The number of carbonyl (C=O) groups is 1. The third kappa shape index (κ3) is 2.27. The van der Waals surface area contributed by atoms with E-state index in [9.17, 15) is 9.90 Å². The van der Waals surface area contributed by atoms with Gasteiger partial charge in [0.25, 0.3) is 0 Å². The molecule has 1 aromatic carbocycles. The quantitative estimate of drug-likeness (QED) is 0.855. The van der Waals surface area contributed by atoms with Crippen LogP contribution in [0.1, 0.15) is 62.2 Å². The fourth-order valence-electron chi connectivity index (χ4n) is 3.34. The van der Waals surface area contributed by atoms with Crippen molar-refractivity contribution in [3.05, 3.63) is 29.3 Å². The Balaban J connectivity index is 1.84. The molecule has 19 heavy (non-hydrogen) atoms. The normalized spacial score (nSPS) is 24.9. The number of benzene rings is 1. The Morgan fingerprint density at radius 3 is 2.74 bits per heavy atom. The van der Waals surface area contributed by atoms with Crippen molar-refractivity contribution < 1.29 is 9.90 Å². The number of aliphatic hydroxyl groups is 1. The van der Waals surface area contributed by atoms with Crippen LogP contribution in [0.5, 0.6) is 0 Å². The van der Waals surface area contributed by atoms with Crippen LogP contribution in [0.3, 0.4) is 0 Å². The van der Waals surface area contributed by atoms with Crippen molar-refractivity contribution in [1.82, 2.24) is 0 Å². The van der Waals surface area contributed by atoms with Crippen molar-refractivity contribution in [3.8, 4) is 0 Å². The third-order valence-electron chi connectivity index (χ3n) is 4.63. The summed E-state index contributed by atoms with van der Waals surface area (Å²) in [6.45, 7) is 1.91. The minimum absolute atomic E-state index is 0.0549. The van der Waals surface area contributed by atoms with Crippen molar-refractivity contribution in [2.24, 2.45) is 5.92 Å². The number of hydrogen-bond acceptors (Lipinski definition) is 2. The lowest BCUT2D eigenvalue weighted by Gasteiger charge is -2.27. The molecule has 1 amide bonds. The maximum Gasteiger partial charge on any atom is 0.231 e. The Hall–Kier alpha value is -1.35. The fourth-order valence-corrected chi connectivity index (χ4v) is 3.34. The second kappa shape index (κ2) is 4.97. The van der Waals surface area contributed by atoms with Gasteiger partial charge in [-0.1, -0.05) is 31.4 Å². The van der Waals surface area contributed by atoms with Gasteiger partial charge in [-0.05, 0) is 42.9 Å². The van der Waals surface area contributed by atoms with E-state index in [0.29, 0.717) is 5.92 Å². The molecule has 1 saturated carbocycles. The van der Waals surface area contributed by atoms with Gasteiger partial charge in [0.05, 0.1) is 12.0 Å².